The van der Waals surface area contributed by atoms with Gasteiger partial charge in [0.1, 0.15) is 34.6 Å². The first-order valence-electron chi connectivity index (χ1n) is 17.1. The summed E-state index contributed by atoms with van der Waals surface area (Å²) in [6.07, 6.45) is 7.46. The van der Waals surface area contributed by atoms with Crippen molar-refractivity contribution in [1.82, 2.24) is 0 Å². The summed E-state index contributed by atoms with van der Waals surface area (Å²) in [4.78, 5) is 0. The molecule has 0 amide bonds. The van der Waals surface area contributed by atoms with E-state index in [-0.39, 0.29) is 48.3 Å². The lowest BCUT2D eigenvalue weighted by Gasteiger charge is -2.33. The molecule has 0 aromatic heterocycles. The predicted octanol–water partition coefficient (Wildman–Crippen LogP) is 12.9. The van der Waals surface area contributed by atoms with Crippen molar-refractivity contribution in [1.29, 1.82) is 0 Å². The summed E-state index contributed by atoms with van der Waals surface area (Å²) < 4.78 is 130. The smallest absolute Gasteiger partial charge is 0.422 e. The molecule has 1 nitrogen and oxygen atoms in total. The maximum atomic E-state index is 15.0. The highest BCUT2D eigenvalue weighted by Gasteiger charge is 2.45. The van der Waals surface area contributed by atoms with Gasteiger partial charge in [0, 0.05) is 17.7 Å². The molecule has 0 aliphatic heterocycles. The van der Waals surface area contributed by atoms with Crippen LogP contribution in [0, 0.1) is 41.0 Å². The molecule has 2 aromatic rings. The highest BCUT2D eigenvalue weighted by atomic mass is 19.4. The Labute approximate surface area is 272 Å². The van der Waals surface area contributed by atoms with Crippen LogP contribution in [0.5, 0.6) is 5.75 Å². The first-order chi connectivity index (χ1) is 22.3. The zero-order chi connectivity index (χ0) is 34.2. The lowest BCUT2D eigenvalue weighted by molar-refractivity contribution is -0.223. The minimum Gasteiger partial charge on any atom is -0.432 e. The van der Waals surface area contributed by atoms with E-state index in [2.05, 4.69) is 17.7 Å². The van der Waals surface area contributed by atoms with Gasteiger partial charge in [-0.05, 0) is 99.7 Å². The number of benzene rings is 2. The van der Waals surface area contributed by atoms with Crippen LogP contribution in [0.15, 0.2) is 36.4 Å². The minimum atomic E-state index is -5.31. The second-order valence-corrected chi connectivity index (χ2v) is 13.4. The van der Waals surface area contributed by atoms with Gasteiger partial charge in [0.15, 0.2) is 0 Å². The number of halogens is 9. The summed E-state index contributed by atoms with van der Waals surface area (Å²) in [5, 5.41) is 0. The van der Waals surface area contributed by atoms with Crippen molar-refractivity contribution in [2.45, 2.75) is 128 Å². The van der Waals surface area contributed by atoms with Crippen LogP contribution in [0.25, 0.3) is 0 Å². The van der Waals surface area contributed by atoms with E-state index in [0.29, 0.717) is 37.7 Å². The zero-order valence-electron chi connectivity index (χ0n) is 26.9. The van der Waals surface area contributed by atoms with Crippen LogP contribution < -0.4 is 4.74 Å². The number of unbranched alkanes of at least 4 members (excludes halogenated alkanes) is 6. The molecule has 2 aromatic carbocycles. The maximum Gasteiger partial charge on any atom is 0.422 e. The number of alkyl halides is 5. The molecule has 262 valence electrons. The molecule has 0 heterocycles. The Morgan fingerprint density at radius 3 is 1.64 bits per heavy atom. The van der Waals surface area contributed by atoms with Gasteiger partial charge < -0.3 is 4.74 Å². The Morgan fingerprint density at radius 1 is 0.638 bits per heavy atom. The number of rotatable bonds is 14. The summed E-state index contributed by atoms with van der Waals surface area (Å²) in [5.74, 6) is -7.16. The number of hydrogen-bond acceptors (Lipinski definition) is 1. The number of aryl methyl sites for hydroxylation is 1. The molecule has 0 radical (unpaired) electrons. The van der Waals surface area contributed by atoms with Crippen molar-refractivity contribution in [3.05, 3.63) is 76.4 Å². The van der Waals surface area contributed by atoms with E-state index in [1.807, 2.05) is 6.08 Å². The fourth-order valence-electron chi connectivity index (χ4n) is 7.14. The molecule has 0 unspecified atom stereocenters. The second kappa shape index (κ2) is 16.6. The topological polar surface area (TPSA) is 9.23 Å². The molecule has 0 atom stereocenters. The minimum absolute atomic E-state index is 0.0412. The van der Waals surface area contributed by atoms with Crippen LogP contribution in [0.2, 0.25) is 0 Å². The summed E-state index contributed by atoms with van der Waals surface area (Å²) >= 11 is 0. The average Bonchev–Trinajstić information content (AvgIpc) is 2.99. The van der Waals surface area contributed by atoms with E-state index in [0.717, 1.165) is 32.1 Å². The highest BCUT2D eigenvalue weighted by Crippen LogP contribution is 2.43. The molecule has 4 rings (SSSR count). The van der Waals surface area contributed by atoms with Crippen LogP contribution in [0.1, 0.15) is 126 Å². The standard InChI is InChI=1S/C37H45F9O/c1-2-3-4-5-6-7-8-9-26-20-30(38)34(31(39)21-26)27-16-12-24(13-17-27)10-11-25-14-18-28(19-15-25)37(45,46)47-29-22-32(40)35(33(41)23-29)36(42,43)44/h10-11,20-25,27-28H,2-9,12-19H2,1H3/b11-10+. The molecular formula is C37H45F9O. The van der Waals surface area contributed by atoms with Crippen molar-refractivity contribution in [3.63, 3.8) is 0 Å². The van der Waals surface area contributed by atoms with Gasteiger partial charge in [0.2, 0.25) is 0 Å². The van der Waals surface area contributed by atoms with Crippen molar-refractivity contribution < 1.29 is 44.3 Å². The third-order valence-corrected chi connectivity index (χ3v) is 9.84. The number of allylic oxidation sites excluding steroid dienone is 2. The highest BCUT2D eigenvalue weighted by molar-refractivity contribution is 5.33. The van der Waals surface area contributed by atoms with Crippen LogP contribution in [0.3, 0.4) is 0 Å². The normalized spacial score (nSPS) is 22.6. The van der Waals surface area contributed by atoms with Gasteiger partial charge in [-0.15, -0.1) is 0 Å². The van der Waals surface area contributed by atoms with Crippen LogP contribution in [0.4, 0.5) is 39.5 Å². The molecule has 0 N–H and O–H groups in total. The Hall–Kier alpha value is -2.65. The Kier molecular flexibility index (Phi) is 13.2. The van der Waals surface area contributed by atoms with Crippen molar-refractivity contribution >= 4 is 0 Å². The van der Waals surface area contributed by atoms with Crippen molar-refractivity contribution in [3.8, 4) is 5.75 Å². The second-order valence-electron chi connectivity index (χ2n) is 13.4. The van der Waals surface area contributed by atoms with Crippen LogP contribution >= 0.6 is 0 Å². The van der Waals surface area contributed by atoms with E-state index >= 15 is 8.78 Å². The Balaban J connectivity index is 1.21. The first kappa shape index (κ1) is 37.2. The first-order valence-corrected chi connectivity index (χ1v) is 17.1. The van der Waals surface area contributed by atoms with Crippen LogP contribution in [-0.2, 0) is 12.6 Å². The lowest BCUT2D eigenvalue weighted by atomic mass is 9.76. The van der Waals surface area contributed by atoms with Gasteiger partial charge in [-0.3, -0.25) is 0 Å². The molecule has 0 saturated heterocycles. The van der Waals surface area contributed by atoms with E-state index in [4.69, 9.17) is 0 Å². The van der Waals surface area contributed by atoms with E-state index in [9.17, 15) is 30.7 Å². The van der Waals surface area contributed by atoms with E-state index in [1.165, 1.54) is 37.8 Å². The van der Waals surface area contributed by atoms with E-state index < -0.39 is 52.8 Å². The van der Waals surface area contributed by atoms with Gasteiger partial charge in [-0.25, -0.2) is 17.6 Å². The summed E-state index contributed by atoms with van der Waals surface area (Å²) in [6.45, 7) is 2.18. The van der Waals surface area contributed by atoms with Gasteiger partial charge in [0.25, 0.3) is 0 Å². The van der Waals surface area contributed by atoms with Crippen molar-refractivity contribution in [2.24, 2.45) is 17.8 Å². The number of hydrogen-bond donors (Lipinski definition) is 0. The third kappa shape index (κ3) is 10.4. The molecule has 0 bridgehead atoms. The molecule has 2 aliphatic carbocycles. The molecule has 2 aliphatic rings. The molecule has 47 heavy (non-hydrogen) atoms. The summed E-state index contributed by atoms with van der Waals surface area (Å²) in [7, 11) is 0. The fraction of sp³-hybridized carbons (Fsp3) is 0.622. The van der Waals surface area contributed by atoms with Gasteiger partial charge in [0.05, 0.1) is 5.92 Å². The SMILES string of the molecule is CCCCCCCCCc1cc(F)c(C2CCC(/C=C/C3CCC(C(F)(F)Oc4cc(F)c(C(F)(F)F)c(F)c4)CC3)CC2)c(F)c1. The molecular weight excluding hydrogens is 631 g/mol. The largest absolute Gasteiger partial charge is 0.432 e. The predicted molar refractivity (Wildman–Crippen MR) is 164 cm³/mol. The average molecular weight is 677 g/mol. The maximum absolute atomic E-state index is 15.0. The zero-order valence-corrected chi connectivity index (χ0v) is 26.9. The fourth-order valence-corrected chi connectivity index (χ4v) is 7.14. The quantitative estimate of drug-likeness (QED) is 0.110. The van der Waals surface area contributed by atoms with Crippen molar-refractivity contribution in [2.75, 3.05) is 0 Å². The van der Waals surface area contributed by atoms with Gasteiger partial charge >= 0.3 is 12.3 Å². The summed E-state index contributed by atoms with van der Waals surface area (Å²) in [6, 6.07) is 3.23. The molecule has 2 fully saturated rings. The lowest BCUT2D eigenvalue weighted by Crippen LogP contribution is -2.37. The number of ether oxygens (including phenoxy) is 1. The Morgan fingerprint density at radius 2 is 1.13 bits per heavy atom. The van der Waals surface area contributed by atoms with Gasteiger partial charge in [-0.1, -0.05) is 57.6 Å². The third-order valence-electron chi connectivity index (χ3n) is 9.84. The molecule has 10 heteroatoms. The molecule has 0 spiro atoms. The van der Waals surface area contributed by atoms with Gasteiger partial charge in [-0.2, -0.15) is 22.0 Å². The summed E-state index contributed by atoms with van der Waals surface area (Å²) in [5.41, 5.74) is -1.27. The van der Waals surface area contributed by atoms with E-state index in [1.54, 1.807) is 0 Å². The Bertz CT molecular complexity index is 1270. The monoisotopic (exact) mass is 676 g/mol. The molecule has 2 saturated carbocycles. The van der Waals surface area contributed by atoms with Crippen LogP contribution in [-0.4, -0.2) is 6.11 Å².